The topological polar surface area (TPSA) is 48.2 Å². The standard InChI is InChI=1S/C21H15F6N3/c1-29-18(12-28)19(30-2)15-8-9-17(21(25,26)27)14(11-15)7-6-13-4-3-5-16(10-13)20(22,23)24/h3-11,29H,2H2,1H3/b7-6+,19-18-. The van der Waals surface area contributed by atoms with Gasteiger partial charge < -0.3 is 5.32 Å². The zero-order valence-electron chi connectivity index (χ0n) is 15.6. The van der Waals surface area contributed by atoms with Crippen LogP contribution >= 0.6 is 0 Å². The maximum atomic E-state index is 13.4. The van der Waals surface area contributed by atoms with E-state index in [9.17, 15) is 26.3 Å². The number of alkyl halides is 6. The molecule has 0 spiro atoms. The van der Waals surface area contributed by atoms with Crippen LogP contribution in [0.15, 0.2) is 53.2 Å². The molecule has 0 saturated carbocycles. The third-order valence-corrected chi connectivity index (χ3v) is 4.06. The minimum Gasteiger partial charge on any atom is -0.378 e. The molecule has 2 rings (SSSR count). The summed E-state index contributed by atoms with van der Waals surface area (Å²) in [5.74, 6) is 0. The molecule has 0 aromatic heterocycles. The van der Waals surface area contributed by atoms with Crippen LogP contribution < -0.4 is 5.32 Å². The van der Waals surface area contributed by atoms with E-state index in [-0.39, 0.29) is 28.1 Å². The van der Waals surface area contributed by atoms with Crippen LogP contribution in [0.2, 0.25) is 0 Å². The van der Waals surface area contributed by atoms with E-state index in [2.05, 4.69) is 17.0 Å². The van der Waals surface area contributed by atoms with Crippen LogP contribution in [-0.2, 0) is 12.4 Å². The van der Waals surface area contributed by atoms with Gasteiger partial charge in [0.05, 0.1) is 11.1 Å². The van der Waals surface area contributed by atoms with Crippen molar-refractivity contribution in [1.82, 2.24) is 5.32 Å². The number of nitrogens with zero attached hydrogens (tertiary/aromatic N) is 2. The van der Waals surface area contributed by atoms with Gasteiger partial charge in [0.1, 0.15) is 17.5 Å². The summed E-state index contributed by atoms with van der Waals surface area (Å²) in [5, 5.41) is 11.7. The van der Waals surface area contributed by atoms with Crippen molar-refractivity contribution in [3.05, 3.63) is 76.0 Å². The second kappa shape index (κ2) is 8.86. The molecule has 0 bridgehead atoms. The van der Waals surface area contributed by atoms with Crippen molar-refractivity contribution in [2.24, 2.45) is 4.99 Å². The molecule has 30 heavy (non-hydrogen) atoms. The van der Waals surface area contributed by atoms with Crippen LogP contribution in [0.25, 0.3) is 17.8 Å². The van der Waals surface area contributed by atoms with E-state index >= 15 is 0 Å². The Labute approximate surface area is 168 Å². The van der Waals surface area contributed by atoms with Gasteiger partial charge in [-0.15, -0.1) is 0 Å². The average molecular weight is 423 g/mol. The van der Waals surface area contributed by atoms with Gasteiger partial charge in [-0.1, -0.05) is 30.4 Å². The van der Waals surface area contributed by atoms with Crippen LogP contribution in [0.4, 0.5) is 26.3 Å². The Morgan fingerprint density at radius 1 is 1.03 bits per heavy atom. The number of hydrogen-bond donors (Lipinski definition) is 1. The molecule has 0 aliphatic carbocycles. The molecule has 0 amide bonds. The maximum Gasteiger partial charge on any atom is 0.416 e. The fourth-order valence-corrected chi connectivity index (χ4v) is 2.65. The van der Waals surface area contributed by atoms with Crippen LogP contribution in [0.3, 0.4) is 0 Å². The first-order valence-corrected chi connectivity index (χ1v) is 8.37. The lowest BCUT2D eigenvalue weighted by molar-refractivity contribution is -0.138. The smallest absolute Gasteiger partial charge is 0.378 e. The summed E-state index contributed by atoms with van der Waals surface area (Å²) in [6.07, 6.45) is -7.05. The quantitative estimate of drug-likeness (QED) is 0.277. The molecule has 0 fully saturated rings. The third kappa shape index (κ3) is 5.29. The van der Waals surface area contributed by atoms with Crippen molar-refractivity contribution in [3.8, 4) is 6.07 Å². The Hall–Kier alpha value is -3.54. The molecular weight excluding hydrogens is 408 g/mol. The monoisotopic (exact) mass is 423 g/mol. The van der Waals surface area contributed by atoms with Gasteiger partial charge in [0.15, 0.2) is 0 Å². The Morgan fingerprint density at radius 3 is 2.27 bits per heavy atom. The van der Waals surface area contributed by atoms with Gasteiger partial charge in [-0.3, -0.25) is 4.99 Å². The minimum atomic E-state index is -4.70. The van der Waals surface area contributed by atoms with Gasteiger partial charge in [0, 0.05) is 12.6 Å². The highest BCUT2D eigenvalue weighted by Gasteiger charge is 2.33. The normalized spacial score (nSPS) is 13.0. The van der Waals surface area contributed by atoms with E-state index in [1.54, 1.807) is 0 Å². The fourth-order valence-electron chi connectivity index (χ4n) is 2.65. The number of rotatable bonds is 5. The summed E-state index contributed by atoms with van der Waals surface area (Å²) >= 11 is 0. The fraction of sp³-hybridized carbons (Fsp3) is 0.143. The largest absolute Gasteiger partial charge is 0.416 e. The lowest BCUT2D eigenvalue weighted by Crippen LogP contribution is -2.09. The van der Waals surface area contributed by atoms with Gasteiger partial charge in [-0.2, -0.15) is 31.6 Å². The molecule has 3 nitrogen and oxygen atoms in total. The van der Waals surface area contributed by atoms with Crippen molar-refractivity contribution in [2.45, 2.75) is 12.4 Å². The lowest BCUT2D eigenvalue weighted by atomic mass is 9.99. The maximum absolute atomic E-state index is 13.4. The number of nitrogens with one attached hydrogen (secondary N) is 1. The predicted molar refractivity (Wildman–Crippen MR) is 103 cm³/mol. The first-order chi connectivity index (χ1) is 14.0. The van der Waals surface area contributed by atoms with Gasteiger partial charge in [0.2, 0.25) is 0 Å². The molecule has 0 aliphatic heterocycles. The number of aliphatic imine (C=N–C) groups is 1. The minimum absolute atomic E-state index is 0.00225. The van der Waals surface area contributed by atoms with Crippen molar-refractivity contribution < 1.29 is 26.3 Å². The average Bonchev–Trinajstić information content (AvgIpc) is 2.69. The van der Waals surface area contributed by atoms with E-state index < -0.39 is 23.5 Å². The number of benzene rings is 2. The van der Waals surface area contributed by atoms with E-state index in [0.717, 1.165) is 48.6 Å². The van der Waals surface area contributed by atoms with E-state index in [4.69, 9.17) is 5.26 Å². The number of nitriles is 1. The molecule has 0 unspecified atom stereocenters. The molecule has 0 atom stereocenters. The van der Waals surface area contributed by atoms with E-state index in [1.807, 2.05) is 6.07 Å². The zero-order valence-corrected chi connectivity index (χ0v) is 15.6. The molecule has 156 valence electrons. The summed E-state index contributed by atoms with van der Waals surface area (Å²) in [7, 11) is 1.45. The molecule has 1 N–H and O–H groups in total. The summed E-state index contributed by atoms with van der Waals surface area (Å²) in [5.41, 5.74) is -1.89. The summed E-state index contributed by atoms with van der Waals surface area (Å²) in [4.78, 5) is 3.70. The predicted octanol–water partition coefficient (Wildman–Crippen LogP) is 6.01. The first kappa shape index (κ1) is 22.7. The number of halogens is 6. The van der Waals surface area contributed by atoms with Crippen molar-refractivity contribution in [3.63, 3.8) is 0 Å². The van der Waals surface area contributed by atoms with Crippen LogP contribution in [-0.4, -0.2) is 13.8 Å². The molecule has 0 saturated heterocycles. The molecule has 0 heterocycles. The Kier molecular flexibility index (Phi) is 6.72. The first-order valence-electron chi connectivity index (χ1n) is 8.37. The van der Waals surface area contributed by atoms with Crippen molar-refractivity contribution >= 4 is 24.6 Å². The second-order valence-corrected chi connectivity index (χ2v) is 6.00. The molecule has 2 aromatic carbocycles. The highest BCUT2D eigenvalue weighted by molar-refractivity contribution is 5.78. The Bertz CT molecular complexity index is 1040. The summed E-state index contributed by atoms with van der Waals surface area (Å²) < 4.78 is 78.8. The van der Waals surface area contributed by atoms with Crippen LogP contribution in [0, 0.1) is 11.3 Å². The molecule has 0 radical (unpaired) electrons. The van der Waals surface area contributed by atoms with Crippen LogP contribution in [0.1, 0.15) is 27.8 Å². The van der Waals surface area contributed by atoms with Crippen molar-refractivity contribution in [2.75, 3.05) is 7.05 Å². The second-order valence-electron chi connectivity index (χ2n) is 6.00. The zero-order chi connectivity index (χ0) is 22.5. The van der Waals surface area contributed by atoms with Gasteiger partial charge in [-0.05, 0) is 42.1 Å². The van der Waals surface area contributed by atoms with E-state index in [0.29, 0.717) is 0 Å². The van der Waals surface area contributed by atoms with E-state index in [1.165, 1.54) is 13.1 Å². The molecular formula is C21H15F6N3. The van der Waals surface area contributed by atoms with Gasteiger partial charge in [0.25, 0.3) is 0 Å². The van der Waals surface area contributed by atoms with Gasteiger partial charge >= 0.3 is 12.4 Å². The Morgan fingerprint density at radius 2 is 1.73 bits per heavy atom. The molecule has 9 heteroatoms. The van der Waals surface area contributed by atoms with Crippen LogP contribution in [0.5, 0.6) is 0 Å². The Balaban J connectivity index is 2.60. The highest BCUT2D eigenvalue weighted by atomic mass is 19.4. The van der Waals surface area contributed by atoms with Crippen molar-refractivity contribution in [1.29, 1.82) is 5.26 Å². The molecule has 0 aliphatic rings. The summed E-state index contributed by atoms with van der Waals surface area (Å²) in [6, 6.07) is 9.14. The summed E-state index contributed by atoms with van der Waals surface area (Å²) in [6.45, 7) is 3.34. The van der Waals surface area contributed by atoms with Gasteiger partial charge in [-0.25, -0.2) is 0 Å². The number of hydrogen-bond acceptors (Lipinski definition) is 3. The molecule has 2 aromatic rings. The highest BCUT2D eigenvalue weighted by Crippen LogP contribution is 2.35. The lowest BCUT2D eigenvalue weighted by Gasteiger charge is -2.13. The SMILES string of the molecule is C=N/C(=C(/C#N)NC)c1ccc(C(F)(F)F)c(/C=C/c2cccc(C(F)(F)F)c2)c1. The number of allylic oxidation sites excluding steroid dienone is 1. The third-order valence-electron chi connectivity index (χ3n) is 4.06.